The highest BCUT2D eigenvalue weighted by Gasteiger charge is 2.19. The second-order valence-corrected chi connectivity index (χ2v) is 3.70. The number of carbonyl (C=O) groups is 1. The van der Waals surface area contributed by atoms with E-state index < -0.39 is 0 Å². The summed E-state index contributed by atoms with van der Waals surface area (Å²) in [5.74, 6) is 0.921. The van der Waals surface area contributed by atoms with Crippen molar-refractivity contribution in [1.82, 2.24) is 0 Å². The fraction of sp³-hybridized carbons (Fsp3) is 0.333. The first-order chi connectivity index (χ1) is 7.72. The van der Waals surface area contributed by atoms with Crippen molar-refractivity contribution < 1.29 is 14.3 Å². The Kier molecular flexibility index (Phi) is 2.78. The minimum atomic E-state index is -0.287. The highest BCUT2D eigenvalue weighted by molar-refractivity contribution is 5.98. The quantitative estimate of drug-likeness (QED) is 0.728. The zero-order valence-corrected chi connectivity index (χ0v) is 8.90. The number of nitrogens with zero attached hydrogens (tertiary/aromatic N) is 1. The number of rotatable bonds is 3. The first kappa shape index (κ1) is 10.5. The Morgan fingerprint density at radius 1 is 1.50 bits per heavy atom. The number of hydrogen-bond donors (Lipinski definition) is 0. The minimum absolute atomic E-state index is 0.0418. The van der Waals surface area contributed by atoms with Crippen molar-refractivity contribution in [2.24, 2.45) is 5.92 Å². The molecule has 4 heteroatoms. The van der Waals surface area contributed by atoms with Crippen molar-refractivity contribution in [3.8, 4) is 17.6 Å². The summed E-state index contributed by atoms with van der Waals surface area (Å²) in [5, 5.41) is 8.54. The second kappa shape index (κ2) is 4.23. The number of ether oxygens (including phenoxy) is 2. The third kappa shape index (κ3) is 1.84. The molecular formula is C12H11NO3. The number of ketones is 1. The molecule has 4 nitrogen and oxygen atoms in total. The number of benzene rings is 1. The fourth-order valence-corrected chi connectivity index (χ4v) is 1.56. The van der Waals surface area contributed by atoms with Crippen LogP contribution in [0.4, 0.5) is 0 Å². The number of Topliss-reactive ketones (excluding diaryl/α,β-unsaturated/α-hetero) is 1. The molecule has 1 unspecified atom stereocenters. The monoisotopic (exact) mass is 217 g/mol. The van der Waals surface area contributed by atoms with Crippen LogP contribution in [0.15, 0.2) is 18.2 Å². The molecule has 0 amide bonds. The predicted molar refractivity (Wildman–Crippen MR) is 56.3 cm³/mol. The Hall–Kier alpha value is -2.02. The molecule has 16 heavy (non-hydrogen) atoms. The molecule has 2 rings (SSSR count). The molecule has 1 aliphatic rings. The van der Waals surface area contributed by atoms with Gasteiger partial charge in [-0.2, -0.15) is 5.26 Å². The van der Waals surface area contributed by atoms with E-state index in [9.17, 15) is 4.79 Å². The maximum Gasteiger partial charge on any atom is 0.231 e. The zero-order valence-electron chi connectivity index (χ0n) is 8.90. The van der Waals surface area contributed by atoms with Crippen LogP contribution in [-0.4, -0.2) is 12.6 Å². The summed E-state index contributed by atoms with van der Waals surface area (Å²) in [6.45, 7) is 1.94. The van der Waals surface area contributed by atoms with Crippen molar-refractivity contribution in [1.29, 1.82) is 5.26 Å². The maximum absolute atomic E-state index is 11.9. The Labute approximate surface area is 93.4 Å². The molecule has 1 atom stereocenters. The number of carbonyl (C=O) groups excluding carboxylic acids is 1. The normalized spacial score (nSPS) is 14.2. The lowest BCUT2D eigenvalue weighted by Gasteiger charge is -2.06. The average molecular weight is 217 g/mol. The van der Waals surface area contributed by atoms with Gasteiger partial charge < -0.3 is 9.47 Å². The van der Waals surface area contributed by atoms with Crippen molar-refractivity contribution in [3.05, 3.63) is 23.8 Å². The summed E-state index contributed by atoms with van der Waals surface area (Å²) in [6, 6.07) is 7.07. The van der Waals surface area contributed by atoms with Crippen LogP contribution < -0.4 is 9.47 Å². The van der Waals surface area contributed by atoms with Gasteiger partial charge in [0.05, 0.1) is 6.07 Å². The van der Waals surface area contributed by atoms with Crippen LogP contribution in [0, 0.1) is 17.2 Å². The Bertz CT molecular complexity index is 462. The van der Waals surface area contributed by atoms with Crippen molar-refractivity contribution in [3.63, 3.8) is 0 Å². The van der Waals surface area contributed by atoms with Gasteiger partial charge >= 0.3 is 0 Å². The van der Waals surface area contributed by atoms with E-state index in [-0.39, 0.29) is 24.9 Å². The molecule has 0 N–H and O–H groups in total. The van der Waals surface area contributed by atoms with Crippen molar-refractivity contribution >= 4 is 5.78 Å². The van der Waals surface area contributed by atoms with Gasteiger partial charge in [-0.15, -0.1) is 0 Å². The molecule has 0 saturated carbocycles. The van der Waals surface area contributed by atoms with Gasteiger partial charge in [-0.25, -0.2) is 0 Å². The van der Waals surface area contributed by atoms with E-state index in [1.54, 1.807) is 25.1 Å². The summed E-state index contributed by atoms with van der Waals surface area (Å²) in [4.78, 5) is 11.9. The van der Waals surface area contributed by atoms with E-state index in [1.807, 2.05) is 6.07 Å². The molecule has 1 aromatic carbocycles. The number of hydrogen-bond acceptors (Lipinski definition) is 4. The summed E-state index contributed by atoms with van der Waals surface area (Å²) < 4.78 is 10.3. The van der Waals surface area contributed by atoms with Crippen molar-refractivity contribution in [2.45, 2.75) is 13.3 Å². The molecular weight excluding hydrogens is 206 g/mol. The van der Waals surface area contributed by atoms with Crippen LogP contribution in [0.5, 0.6) is 11.5 Å². The lowest BCUT2D eigenvalue weighted by atomic mass is 9.97. The lowest BCUT2D eigenvalue weighted by molar-refractivity contribution is 0.0931. The molecule has 1 heterocycles. The van der Waals surface area contributed by atoms with Crippen LogP contribution in [0.1, 0.15) is 23.7 Å². The lowest BCUT2D eigenvalue weighted by Crippen LogP contribution is -2.10. The number of nitriles is 1. The highest BCUT2D eigenvalue weighted by atomic mass is 16.7. The first-order valence-electron chi connectivity index (χ1n) is 5.03. The Balaban J connectivity index is 2.22. The van der Waals surface area contributed by atoms with E-state index >= 15 is 0 Å². The average Bonchev–Trinajstić information content (AvgIpc) is 2.75. The van der Waals surface area contributed by atoms with Gasteiger partial charge in [0, 0.05) is 17.9 Å². The number of fused-ring (bicyclic) bond motifs is 1. The summed E-state index contributed by atoms with van der Waals surface area (Å²) in [6.07, 6.45) is 0.229. The SMILES string of the molecule is CC(CC#N)C(=O)c1ccc2c(c1)OCO2. The molecule has 1 aliphatic heterocycles. The van der Waals surface area contributed by atoms with Crippen LogP contribution in [0.25, 0.3) is 0 Å². The highest BCUT2D eigenvalue weighted by Crippen LogP contribution is 2.33. The fourth-order valence-electron chi connectivity index (χ4n) is 1.56. The first-order valence-corrected chi connectivity index (χ1v) is 5.03. The van der Waals surface area contributed by atoms with E-state index in [0.29, 0.717) is 17.1 Å². The second-order valence-electron chi connectivity index (χ2n) is 3.70. The van der Waals surface area contributed by atoms with Crippen LogP contribution in [0.3, 0.4) is 0 Å². The van der Waals surface area contributed by atoms with Gasteiger partial charge in [0.25, 0.3) is 0 Å². The van der Waals surface area contributed by atoms with E-state index in [1.165, 1.54) is 0 Å². The third-order valence-corrected chi connectivity index (χ3v) is 2.50. The third-order valence-electron chi connectivity index (χ3n) is 2.50. The van der Waals surface area contributed by atoms with E-state index in [0.717, 1.165) is 0 Å². The predicted octanol–water partition coefficient (Wildman–Crippen LogP) is 2.15. The molecule has 0 fully saturated rings. The van der Waals surface area contributed by atoms with Crippen molar-refractivity contribution in [2.75, 3.05) is 6.79 Å². The summed E-state index contributed by atoms with van der Waals surface area (Å²) >= 11 is 0. The summed E-state index contributed by atoms with van der Waals surface area (Å²) in [5.41, 5.74) is 0.562. The molecule has 0 aliphatic carbocycles. The Morgan fingerprint density at radius 2 is 2.25 bits per heavy atom. The van der Waals surface area contributed by atoms with Gasteiger partial charge in [0.1, 0.15) is 0 Å². The molecule has 0 spiro atoms. The van der Waals surface area contributed by atoms with Crippen LogP contribution in [-0.2, 0) is 0 Å². The van der Waals surface area contributed by atoms with Gasteiger partial charge in [-0.1, -0.05) is 6.92 Å². The molecule has 0 aromatic heterocycles. The summed E-state index contributed by atoms with van der Waals surface area (Å²) in [7, 11) is 0. The minimum Gasteiger partial charge on any atom is -0.454 e. The standard InChI is InChI=1S/C12H11NO3/c1-8(4-5-13)12(14)9-2-3-10-11(6-9)16-7-15-10/h2-3,6,8H,4,7H2,1H3. The molecule has 82 valence electrons. The topological polar surface area (TPSA) is 59.3 Å². The van der Waals surface area contributed by atoms with Gasteiger partial charge in [-0.05, 0) is 18.2 Å². The molecule has 0 bridgehead atoms. The molecule has 1 aromatic rings. The van der Waals surface area contributed by atoms with Crippen LogP contribution in [0.2, 0.25) is 0 Å². The molecule has 0 radical (unpaired) electrons. The van der Waals surface area contributed by atoms with E-state index in [2.05, 4.69) is 0 Å². The van der Waals surface area contributed by atoms with Gasteiger partial charge in [-0.3, -0.25) is 4.79 Å². The van der Waals surface area contributed by atoms with Crippen LogP contribution >= 0.6 is 0 Å². The molecule has 0 saturated heterocycles. The van der Waals surface area contributed by atoms with E-state index in [4.69, 9.17) is 14.7 Å². The van der Waals surface area contributed by atoms with Gasteiger partial charge in [0.2, 0.25) is 6.79 Å². The smallest absolute Gasteiger partial charge is 0.231 e. The zero-order chi connectivity index (χ0) is 11.5. The van der Waals surface area contributed by atoms with Gasteiger partial charge in [0.15, 0.2) is 17.3 Å². The Morgan fingerprint density at radius 3 is 3.00 bits per heavy atom. The maximum atomic E-state index is 11.9. The largest absolute Gasteiger partial charge is 0.454 e.